The van der Waals surface area contributed by atoms with E-state index in [1.165, 1.54) is 31.2 Å². The van der Waals surface area contributed by atoms with Crippen molar-refractivity contribution in [3.63, 3.8) is 0 Å². The van der Waals surface area contributed by atoms with Crippen LogP contribution in [-0.4, -0.2) is 40.4 Å². The first-order valence-electron chi connectivity index (χ1n) is 6.71. The van der Waals surface area contributed by atoms with Gasteiger partial charge >= 0.3 is 0 Å². The van der Waals surface area contributed by atoms with Crippen molar-refractivity contribution < 1.29 is 0 Å². The molecule has 1 aromatic rings. The summed E-state index contributed by atoms with van der Waals surface area (Å²) in [6, 6.07) is 0.773. The molecule has 17 heavy (non-hydrogen) atoms. The van der Waals surface area contributed by atoms with Crippen molar-refractivity contribution in [3.8, 4) is 0 Å². The summed E-state index contributed by atoms with van der Waals surface area (Å²) >= 11 is 0. The molecule has 0 saturated heterocycles. The van der Waals surface area contributed by atoms with E-state index in [0.29, 0.717) is 0 Å². The molecule has 1 saturated carbocycles. The van der Waals surface area contributed by atoms with E-state index in [4.69, 9.17) is 5.73 Å². The number of aryl methyl sites for hydroxylation is 1. The molecule has 0 unspecified atom stereocenters. The van der Waals surface area contributed by atoms with Gasteiger partial charge in [0.1, 0.15) is 0 Å². The van der Waals surface area contributed by atoms with Gasteiger partial charge in [-0.3, -0.25) is 9.58 Å². The van der Waals surface area contributed by atoms with Crippen molar-refractivity contribution in [3.05, 3.63) is 18.0 Å². The van der Waals surface area contributed by atoms with Crippen LogP contribution in [0, 0.1) is 0 Å². The van der Waals surface area contributed by atoms with Crippen LogP contribution in [0.15, 0.2) is 12.4 Å². The standard InChI is InChI=1S/C13H24N4/c1-16-11-12(10-15-16)6-8-17(9-7-14)13-4-2-3-5-13/h10-11,13H,2-9,14H2,1H3. The van der Waals surface area contributed by atoms with Crippen molar-refractivity contribution >= 4 is 0 Å². The summed E-state index contributed by atoms with van der Waals surface area (Å²) in [5, 5.41) is 4.21. The number of rotatable bonds is 6. The van der Waals surface area contributed by atoms with E-state index < -0.39 is 0 Å². The zero-order valence-electron chi connectivity index (χ0n) is 10.8. The van der Waals surface area contributed by atoms with Crippen LogP contribution in [0.2, 0.25) is 0 Å². The maximum Gasteiger partial charge on any atom is 0.0522 e. The molecule has 0 aromatic carbocycles. The van der Waals surface area contributed by atoms with E-state index in [1.807, 2.05) is 17.9 Å². The largest absolute Gasteiger partial charge is 0.329 e. The number of aromatic nitrogens is 2. The van der Waals surface area contributed by atoms with Crippen LogP contribution >= 0.6 is 0 Å². The highest BCUT2D eigenvalue weighted by molar-refractivity contribution is 5.04. The topological polar surface area (TPSA) is 47.1 Å². The monoisotopic (exact) mass is 236 g/mol. The fourth-order valence-electron chi connectivity index (χ4n) is 2.79. The maximum atomic E-state index is 5.71. The van der Waals surface area contributed by atoms with Gasteiger partial charge in [-0.25, -0.2) is 0 Å². The predicted octanol–water partition coefficient (Wildman–Crippen LogP) is 1.17. The summed E-state index contributed by atoms with van der Waals surface area (Å²) in [6.07, 6.45) is 10.6. The first-order chi connectivity index (χ1) is 8.29. The highest BCUT2D eigenvalue weighted by Crippen LogP contribution is 2.23. The van der Waals surface area contributed by atoms with Crippen LogP contribution in [0.4, 0.5) is 0 Å². The zero-order valence-corrected chi connectivity index (χ0v) is 10.8. The van der Waals surface area contributed by atoms with Crippen molar-refractivity contribution in [2.45, 2.75) is 38.1 Å². The number of hydrogen-bond donors (Lipinski definition) is 1. The van der Waals surface area contributed by atoms with E-state index in [9.17, 15) is 0 Å². The molecule has 1 aliphatic rings. The molecule has 1 aliphatic carbocycles. The minimum atomic E-state index is 0.767. The summed E-state index contributed by atoms with van der Waals surface area (Å²) < 4.78 is 1.87. The van der Waals surface area contributed by atoms with Gasteiger partial charge in [0.25, 0.3) is 0 Å². The first-order valence-corrected chi connectivity index (χ1v) is 6.71. The molecule has 0 radical (unpaired) electrons. The van der Waals surface area contributed by atoms with Crippen molar-refractivity contribution in [1.29, 1.82) is 0 Å². The fraction of sp³-hybridized carbons (Fsp3) is 0.769. The average Bonchev–Trinajstić information content (AvgIpc) is 2.95. The molecule has 4 nitrogen and oxygen atoms in total. The molecule has 2 N–H and O–H groups in total. The van der Waals surface area contributed by atoms with Gasteiger partial charge in [-0.05, 0) is 24.8 Å². The predicted molar refractivity (Wildman–Crippen MR) is 69.8 cm³/mol. The molecular formula is C13H24N4. The molecule has 0 aliphatic heterocycles. The molecule has 0 atom stereocenters. The molecule has 0 bridgehead atoms. The average molecular weight is 236 g/mol. The molecule has 2 rings (SSSR count). The highest BCUT2D eigenvalue weighted by Gasteiger charge is 2.21. The van der Waals surface area contributed by atoms with Crippen LogP contribution in [0.5, 0.6) is 0 Å². The Kier molecular flexibility index (Phi) is 4.57. The lowest BCUT2D eigenvalue weighted by atomic mass is 10.1. The summed E-state index contributed by atoms with van der Waals surface area (Å²) in [7, 11) is 1.97. The van der Waals surface area contributed by atoms with Crippen LogP contribution in [0.25, 0.3) is 0 Å². The lowest BCUT2D eigenvalue weighted by Gasteiger charge is -2.28. The highest BCUT2D eigenvalue weighted by atomic mass is 15.2. The van der Waals surface area contributed by atoms with Crippen molar-refractivity contribution in [1.82, 2.24) is 14.7 Å². The Hall–Kier alpha value is -0.870. The van der Waals surface area contributed by atoms with Crippen molar-refractivity contribution in [2.24, 2.45) is 12.8 Å². The number of nitrogens with two attached hydrogens (primary N) is 1. The van der Waals surface area contributed by atoms with Gasteiger partial charge in [0.2, 0.25) is 0 Å². The maximum absolute atomic E-state index is 5.71. The Morgan fingerprint density at radius 2 is 2.18 bits per heavy atom. The molecule has 4 heteroatoms. The van der Waals surface area contributed by atoms with Crippen LogP contribution in [0.3, 0.4) is 0 Å². The lowest BCUT2D eigenvalue weighted by molar-refractivity contribution is 0.206. The Bertz CT molecular complexity index is 328. The van der Waals surface area contributed by atoms with Gasteiger partial charge in [0, 0.05) is 38.9 Å². The van der Waals surface area contributed by atoms with Crippen LogP contribution in [-0.2, 0) is 13.5 Å². The molecule has 0 spiro atoms. The van der Waals surface area contributed by atoms with E-state index >= 15 is 0 Å². The van der Waals surface area contributed by atoms with Crippen LogP contribution < -0.4 is 5.73 Å². The smallest absolute Gasteiger partial charge is 0.0522 e. The molecular weight excluding hydrogens is 212 g/mol. The summed E-state index contributed by atoms with van der Waals surface area (Å²) in [5.41, 5.74) is 7.04. The Morgan fingerprint density at radius 1 is 1.41 bits per heavy atom. The SMILES string of the molecule is Cn1cc(CCN(CCN)C2CCCC2)cn1. The van der Waals surface area contributed by atoms with E-state index in [0.717, 1.165) is 32.1 Å². The van der Waals surface area contributed by atoms with Gasteiger partial charge < -0.3 is 5.73 Å². The number of nitrogens with zero attached hydrogens (tertiary/aromatic N) is 3. The molecule has 1 heterocycles. The normalized spacial score (nSPS) is 17.1. The van der Waals surface area contributed by atoms with E-state index in [2.05, 4.69) is 16.2 Å². The summed E-state index contributed by atoms with van der Waals surface area (Å²) in [4.78, 5) is 2.57. The van der Waals surface area contributed by atoms with Gasteiger partial charge in [0.05, 0.1) is 6.20 Å². The third kappa shape index (κ3) is 3.54. The number of hydrogen-bond acceptors (Lipinski definition) is 3. The quantitative estimate of drug-likeness (QED) is 0.806. The second kappa shape index (κ2) is 6.17. The van der Waals surface area contributed by atoms with E-state index in [-0.39, 0.29) is 0 Å². The first kappa shape index (κ1) is 12.6. The third-order valence-electron chi connectivity index (χ3n) is 3.70. The zero-order chi connectivity index (χ0) is 12.1. The fourth-order valence-corrected chi connectivity index (χ4v) is 2.79. The minimum absolute atomic E-state index is 0.767. The van der Waals surface area contributed by atoms with Crippen molar-refractivity contribution in [2.75, 3.05) is 19.6 Å². The molecule has 96 valence electrons. The minimum Gasteiger partial charge on any atom is -0.329 e. The molecule has 0 amide bonds. The third-order valence-corrected chi connectivity index (χ3v) is 3.70. The second-order valence-corrected chi connectivity index (χ2v) is 5.04. The Balaban J connectivity index is 1.84. The molecule has 1 aromatic heterocycles. The van der Waals surface area contributed by atoms with Gasteiger partial charge in [-0.1, -0.05) is 12.8 Å². The van der Waals surface area contributed by atoms with Gasteiger partial charge in [-0.2, -0.15) is 5.10 Å². The second-order valence-electron chi connectivity index (χ2n) is 5.04. The van der Waals surface area contributed by atoms with Crippen LogP contribution in [0.1, 0.15) is 31.2 Å². The lowest BCUT2D eigenvalue weighted by Crippen LogP contribution is -2.38. The Morgan fingerprint density at radius 3 is 2.76 bits per heavy atom. The summed E-state index contributed by atoms with van der Waals surface area (Å²) in [5.74, 6) is 0. The van der Waals surface area contributed by atoms with E-state index in [1.54, 1.807) is 0 Å². The van der Waals surface area contributed by atoms with Gasteiger partial charge in [0.15, 0.2) is 0 Å². The summed E-state index contributed by atoms with van der Waals surface area (Å²) in [6.45, 7) is 2.92. The Labute approximate surface area is 104 Å². The molecule has 1 fully saturated rings. The van der Waals surface area contributed by atoms with Gasteiger partial charge in [-0.15, -0.1) is 0 Å².